The molecule has 0 radical (unpaired) electrons. The Bertz CT molecular complexity index is 2070. The third-order valence-corrected chi connectivity index (χ3v) is 7.61. The zero-order valence-electron chi connectivity index (χ0n) is 25.0. The Morgan fingerprint density at radius 1 is 0.682 bits per heavy atom. The van der Waals surface area contributed by atoms with Crippen molar-refractivity contribution in [3.05, 3.63) is 156 Å². The summed E-state index contributed by atoms with van der Waals surface area (Å²) in [7, 11) is 0. The van der Waals surface area contributed by atoms with Gasteiger partial charge in [0.25, 0.3) is 0 Å². The minimum absolute atomic E-state index is 0.0644. The van der Waals surface area contributed by atoms with Gasteiger partial charge in [-0.1, -0.05) is 116 Å². The van der Waals surface area contributed by atoms with Crippen LogP contribution in [0.15, 0.2) is 144 Å². The number of benzene rings is 5. The van der Waals surface area contributed by atoms with Crippen LogP contribution in [0, 0.1) is 6.92 Å². The molecule has 0 bridgehead atoms. The molecule has 0 spiro atoms. The predicted octanol–water partition coefficient (Wildman–Crippen LogP) is 9.27. The van der Waals surface area contributed by atoms with Crippen LogP contribution in [-0.4, -0.2) is 27.0 Å². The van der Waals surface area contributed by atoms with Gasteiger partial charge in [-0.3, -0.25) is 9.36 Å². The zero-order valence-corrected chi connectivity index (χ0v) is 25.0. The summed E-state index contributed by atoms with van der Waals surface area (Å²) in [5.41, 5.74) is 10.1. The number of aliphatic imine (C=N–C) groups is 2. The van der Waals surface area contributed by atoms with Gasteiger partial charge in [-0.2, -0.15) is 0 Å². The number of nitrogens with zero attached hydrogens (tertiary/aromatic N) is 4. The highest BCUT2D eigenvalue weighted by Crippen LogP contribution is 2.31. The smallest absolute Gasteiger partial charge is 0.229 e. The summed E-state index contributed by atoms with van der Waals surface area (Å²) in [4.78, 5) is 27.3. The van der Waals surface area contributed by atoms with Crippen LogP contribution in [-0.2, 0) is 0 Å². The van der Waals surface area contributed by atoms with Crippen molar-refractivity contribution in [2.45, 2.75) is 20.8 Å². The van der Waals surface area contributed by atoms with Crippen molar-refractivity contribution in [3.8, 4) is 22.5 Å². The first-order chi connectivity index (χ1) is 21.4. The van der Waals surface area contributed by atoms with Crippen LogP contribution in [0.2, 0.25) is 0 Å². The van der Waals surface area contributed by atoms with E-state index >= 15 is 0 Å². The molecule has 0 aliphatic carbocycles. The molecule has 1 aromatic heterocycles. The van der Waals surface area contributed by atoms with Gasteiger partial charge < -0.3 is 0 Å². The van der Waals surface area contributed by atoms with E-state index in [1.165, 1.54) is 0 Å². The largest absolute Gasteiger partial charge is 0.274 e. The molecule has 0 aliphatic heterocycles. The SMILES string of the molecule is C=C(N=C(N=C(C)c1cccc(-c2ccc(-c3nc4ccccc4n3C(C)=O)c(C)c2)c1)c1ccccc1)c1ccccc1. The van der Waals surface area contributed by atoms with Crippen molar-refractivity contribution >= 4 is 34.2 Å². The van der Waals surface area contributed by atoms with Crippen molar-refractivity contribution < 1.29 is 4.79 Å². The summed E-state index contributed by atoms with van der Waals surface area (Å²) in [6.07, 6.45) is 0. The number of rotatable bonds is 6. The number of hydrogen-bond acceptors (Lipinski definition) is 3. The Morgan fingerprint density at radius 2 is 1.32 bits per heavy atom. The molecule has 0 saturated heterocycles. The van der Waals surface area contributed by atoms with Crippen LogP contribution in [0.3, 0.4) is 0 Å². The molecular formula is C39H32N4O. The van der Waals surface area contributed by atoms with Crippen LogP contribution < -0.4 is 0 Å². The van der Waals surface area contributed by atoms with Gasteiger partial charge in [0, 0.05) is 23.8 Å². The highest BCUT2D eigenvalue weighted by atomic mass is 16.1. The number of carbonyl (C=O) groups excluding carboxylic acids is 1. The second-order valence-electron chi connectivity index (χ2n) is 10.7. The van der Waals surface area contributed by atoms with Gasteiger partial charge in [-0.05, 0) is 59.9 Å². The lowest BCUT2D eigenvalue weighted by Gasteiger charge is -2.11. The number of amidine groups is 1. The molecule has 0 aliphatic rings. The number of carbonyl (C=O) groups is 1. The van der Waals surface area contributed by atoms with Crippen LogP contribution >= 0.6 is 0 Å². The summed E-state index contributed by atoms with van der Waals surface area (Å²) in [5.74, 6) is 1.20. The Hall–Kier alpha value is -5.68. The summed E-state index contributed by atoms with van der Waals surface area (Å²) in [6.45, 7) is 9.84. The van der Waals surface area contributed by atoms with Crippen molar-refractivity contribution in [2.24, 2.45) is 9.98 Å². The van der Waals surface area contributed by atoms with E-state index in [-0.39, 0.29) is 5.91 Å². The molecule has 214 valence electrons. The van der Waals surface area contributed by atoms with E-state index in [1.54, 1.807) is 11.5 Å². The molecule has 5 heteroatoms. The van der Waals surface area contributed by atoms with E-state index in [9.17, 15) is 4.79 Å². The molecular weight excluding hydrogens is 540 g/mol. The Labute approximate surface area is 257 Å². The second kappa shape index (κ2) is 12.3. The Balaban J connectivity index is 1.35. The molecule has 44 heavy (non-hydrogen) atoms. The zero-order chi connectivity index (χ0) is 30.6. The molecule has 0 fully saturated rings. The topological polar surface area (TPSA) is 59.6 Å². The summed E-state index contributed by atoms with van der Waals surface area (Å²) >= 11 is 0. The molecule has 0 saturated carbocycles. The molecule has 0 amide bonds. The summed E-state index contributed by atoms with van der Waals surface area (Å²) in [6, 6.07) is 42.3. The molecule has 0 unspecified atom stereocenters. The summed E-state index contributed by atoms with van der Waals surface area (Å²) in [5, 5.41) is 0. The molecule has 0 atom stereocenters. The van der Waals surface area contributed by atoms with E-state index < -0.39 is 0 Å². The van der Waals surface area contributed by atoms with E-state index in [0.717, 1.165) is 55.7 Å². The quantitative estimate of drug-likeness (QED) is 0.148. The minimum Gasteiger partial charge on any atom is -0.274 e. The molecule has 6 aromatic rings. The van der Waals surface area contributed by atoms with Crippen LogP contribution in [0.4, 0.5) is 0 Å². The van der Waals surface area contributed by atoms with E-state index in [4.69, 9.17) is 15.0 Å². The van der Waals surface area contributed by atoms with E-state index in [1.807, 2.05) is 104 Å². The van der Waals surface area contributed by atoms with Crippen molar-refractivity contribution in [2.75, 3.05) is 0 Å². The lowest BCUT2D eigenvalue weighted by atomic mass is 9.97. The Kier molecular flexibility index (Phi) is 7.94. The predicted molar refractivity (Wildman–Crippen MR) is 182 cm³/mol. The fraction of sp³-hybridized carbons (Fsp3) is 0.0769. The molecule has 1 heterocycles. The minimum atomic E-state index is -0.0644. The van der Waals surface area contributed by atoms with Gasteiger partial charge in [-0.15, -0.1) is 0 Å². The van der Waals surface area contributed by atoms with Crippen molar-refractivity contribution in [1.29, 1.82) is 0 Å². The molecule has 5 aromatic carbocycles. The third-order valence-electron chi connectivity index (χ3n) is 7.61. The first-order valence-corrected chi connectivity index (χ1v) is 14.5. The van der Waals surface area contributed by atoms with Gasteiger partial charge in [0.1, 0.15) is 5.82 Å². The van der Waals surface area contributed by atoms with Crippen LogP contribution in [0.5, 0.6) is 0 Å². The number of aryl methyl sites for hydroxylation is 1. The van der Waals surface area contributed by atoms with E-state index in [0.29, 0.717) is 17.4 Å². The van der Waals surface area contributed by atoms with Gasteiger partial charge >= 0.3 is 0 Å². The van der Waals surface area contributed by atoms with Gasteiger partial charge in [0.05, 0.1) is 16.7 Å². The average molecular weight is 573 g/mol. The second-order valence-corrected chi connectivity index (χ2v) is 10.7. The van der Waals surface area contributed by atoms with Crippen LogP contribution in [0.1, 0.15) is 40.9 Å². The highest BCUT2D eigenvalue weighted by Gasteiger charge is 2.17. The third kappa shape index (κ3) is 5.81. The molecule has 0 N–H and O–H groups in total. The number of imidazole rings is 1. The number of fused-ring (bicyclic) bond motifs is 1. The maximum absolute atomic E-state index is 12.6. The normalized spacial score (nSPS) is 12.0. The lowest BCUT2D eigenvalue weighted by Crippen LogP contribution is -2.08. The number of aromatic nitrogens is 2. The number of para-hydroxylation sites is 2. The van der Waals surface area contributed by atoms with Gasteiger partial charge in [0.15, 0.2) is 5.84 Å². The lowest BCUT2D eigenvalue weighted by molar-refractivity contribution is 0.0943. The van der Waals surface area contributed by atoms with Gasteiger partial charge in [0.2, 0.25) is 5.91 Å². The maximum Gasteiger partial charge on any atom is 0.229 e. The highest BCUT2D eigenvalue weighted by molar-refractivity contribution is 6.13. The first kappa shape index (κ1) is 28.4. The van der Waals surface area contributed by atoms with Crippen molar-refractivity contribution in [1.82, 2.24) is 9.55 Å². The standard InChI is InChI=1S/C39H32N4O/c1-26-24-34(22-23-35(26)39-42-36-20-11-12-21-37(36)43(39)29(4)44)33-19-13-18-32(25-33)28(3)41-38(31-16-9-6-10-17-31)40-27(2)30-14-7-5-8-15-30/h5-25H,2H2,1,3-4H3. The first-order valence-electron chi connectivity index (χ1n) is 14.5. The van der Waals surface area contributed by atoms with Gasteiger partial charge in [-0.25, -0.2) is 15.0 Å². The van der Waals surface area contributed by atoms with Crippen molar-refractivity contribution in [3.63, 3.8) is 0 Å². The van der Waals surface area contributed by atoms with E-state index in [2.05, 4.69) is 43.8 Å². The van der Waals surface area contributed by atoms with Crippen LogP contribution in [0.25, 0.3) is 39.2 Å². The molecule has 6 rings (SSSR count). The Morgan fingerprint density at radius 3 is 2.02 bits per heavy atom. The fourth-order valence-corrected chi connectivity index (χ4v) is 5.33. The monoisotopic (exact) mass is 572 g/mol. The maximum atomic E-state index is 12.6. The number of hydrogen-bond donors (Lipinski definition) is 0. The summed E-state index contributed by atoms with van der Waals surface area (Å²) < 4.78 is 1.69. The average Bonchev–Trinajstić information content (AvgIpc) is 3.45. The fourth-order valence-electron chi connectivity index (χ4n) is 5.33. The molecule has 5 nitrogen and oxygen atoms in total.